The molecule has 1 unspecified atom stereocenters. The van der Waals surface area contributed by atoms with E-state index in [0.717, 1.165) is 4.90 Å². The van der Waals surface area contributed by atoms with Crippen LogP contribution in [0.1, 0.15) is 18.9 Å². The number of nitriles is 1. The zero-order valence-corrected chi connectivity index (χ0v) is 12.3. The lowest BCUT2D eigenvalue weighted by Crippen LogP contribution is -2.34. The lowest BCUT2D eigenvalue weighted by Gasteiger charge is -2.14. The molecule has 0 saturated carbocycles. The summed E-state index contributed by atoms with van der Waals surface area (Å²) in [6, 6.07) is 7.44. The average Bonchev–Trinajstić information content (AvgIpc) is 2.70. The zero-order valence-electron chi connectivity index (χ0n) is 11.4. The minimum Gasteiger partial charge on any atom is -0.281 e. The van der Waals surface area contributed by atoms with E-state index in [-0.39, 0.29) is 41.3 Å². The van der Waals surface area contributed by atoms with Gasteiger partial charge < -0.3 is 0 Å². The lowest BCUT2D eigenvalue weighted by atomic mass is 10.1. The van der Waals surface area contributed by atoms with Gasteiger partial charge in [0.25, 0.3) is 0 Å². The first-order valence-corrected chi connectivity index (χ1v) is 8.07. The van der Waals surface area contributed by atoms with Crippen molar-refractivity contribution in [1.29, 1.82) is 5.26 Å². The Kier molecular flexibility index (Phi) is 4.09. The molecule has 2 amide bonds. The van der Waals surface area contributed by atoms with Crippen LogP contribution in [-0.4, -0.2) is 37.4 Å². The zero-order chi connectivity index (χ0) is 15.6. The Hall–Kier alpha value is -2.20. The van der Waals surface area contributed by atoms with Gasteiger partial charge >= 0.3 is 0 Å². The molecule has 1 saturated heterocycles. The maximum atomic E-state index is 12.2. The largest absolute Gasteiger partial charge is 0.281 e. The molecule has 1 atom stereocenters. The van der Waals surface area contributed by atoms with Crippen molar-refractivity contribution in [2.45, 2.75) is 18.2 Å². The Morgan fingerprint density at radius 1 is 1.29 bits per heavy atom. The number of hydrogen-bond acceptors (Lipinski definition) is 5. The fourth-order valence-electron chi connectivity index (χ4n) is 2.15. The fraction of sp³-hybridized carbons (Fsp3) is 0.357. The topological polar surface area (TPSA) is 95.3 Å². The minimum atomic E-state index is -3.59. The standard InChI is InChI=1S/C14H14N2O4S/c1-10-8-13(17)16(14(10)18)6-7-21(19,20)12-4-2-11(9-15)3-5-12/h2-5,10H,6-8H2,1H3. The molecule has 0 aromatic heterocycles. The van der Waals surface area contributed by atoms with Crippen LogP contribution in [0, 0.1) is 17.2 Å². The van der Waals surface area contributed by atoms with Gasteiger partial charge in [0.1, 0.15) is 0 Å². The third-order valence-electron chi connectivity index (χ3n) is 3.40. The van der Waals surface area contributed by atoms with Crippen LogP contribution in [0.15, 0.2) is 29.2 Å². The van der Waals surface area contributed by atoms with Gasteiger partial charge in [0, 0.05) is 18.9 Å². The van der Waals surface area contributed by atoms with Crippen LogP contribution in [0.25, 0.3) is 0 Å². The molecular formula is C14H14N2O4S. The number of carbonyl (C=O) groups excluding carboxylic acids is 2. The number of benzene rings is 1. The Bertz CT molecular complexity index is 716. The summed E-state index contributed by atoms with van der Waals surface area (Å²) < 4.78 is 24.3. The van der Waals surface area contributed by atoms with Gasteiger partial charge in [-0.05, 0) is 24.3 Å². The van der Waals surface area contributed by atoms with E-state index in [4.69, 9.17) is 5.26 Å². The maximum Gasteiger partial charge on any atom is 0.232 e. The van der Waals surface area contributed by atoms with Gasteiger partial charge in [0.2, 0.25) is 11.8 Å². The van der Waals surface area contributed by atoms with Gasteiger partial charge in [0.05, 0.1) is 22.3 Å². The smallest absolute Gasteiger partial charge is 0.232 e. The highest BCUT2D eigenvalue weighted by molar-refractivity contribution is 7.91. The summed E-state index contributed by atoms with van der Waals surface area (Å²) in [5.74, 6) is -1.35. The highest BCUT2D eigenvalue weighted by atomic mass is 32.2. The highest BCUT2D eigenvalue weighted by Crippen LogP contribution is 2.19. The van der Waals surface area contributed by atoms with E-state index < -0.39 is 9.84 Å². The molecule has 2 rings (SSSR count). The Morgan fingerprint density at radius 3 is 2.38 bits per heavy atom. The van der Waals surface area contributed by atoms with E-state index in [0.29, 0.717) is 5.56 Å². The molecule has 1 fully saturated rings. The van der Waals surface area contributed by atoms with Crippen molar-refractivity contribution >= 4 is 21.7 Å². The molecule has 0 aliphatic carbocycles. The van der Waals surface area contributed by atoms with Crippen molar-refractivity contribution in [3.8, 4) is 6.07 Å². The van der Waals surface area contributed by atoms with Gasteiger partial charge in [-0.15, -0.1) is 0 Å². The normalized spacial score (nSPS) is 18.9. The molecule has 0 N–H and O–H groups in total. The molecule has 0 spiro atoms. The second kappa shape index (κ2) is 5.66. The van der Waals surface area contributed by atoms with Crippen molar-refractivity contribution in [3.63, 3.8) is 0 Å². The van der Waals surface area contributed by atoms with E-state index in [1.807, 2.05) is 6.07 Å². The highest BCUT2D eigenvalue weighted by Gasteiger charge is 2.35. The molecule has 0 radical (unpaired) electrons. The van der Waals surface area contributed by atoms with Gasteiger partial charge in [-0.25, -0.2) is 8.42 Å². The predicted molar refractivity (Wildman–Crippen MR) is 73.7 cm³/mol. The van der Waals surface area contributed by atoms with Crippen molar-refractivity contribution in [2.75, 3.05) is 12.3 Å². The van der Waals surface area contributed by atoms with Crippen molar-refractivity contribution in [1.82, 2.24) is 4.90 Å². The molecule has 1 aliphatic heterocycles. The van der Waals surface area contributed by atoms with Crippen LogP contribution < -0.4 is 0 Å². The third kappa shape index (κ3) is 3.11. The first kappa shape index (κ1) is 15.2. The third-order valence-corrected chi connectivity index (χ3v) is 5.11. The van der Waals surface area contributed by atoms with Gasteiger partial charge in [-0.1, -0.05) is 6.92 Å². The number of sulfone groups is 1. The number of imide groups is 1. The van der Waals surface area contributed by atoms with E-state index in [2.05, 4.69) is 0 Å². The van der Waals surface area contributed by atoms with Crippen LogP contribution in [0.5, 0.6) is 0 Å². The van der Waals surface area contributed by atoms with E-state index in [1.54, 1.807) is 6.92 Å². The summed E-state index contributed by atoms with van der Waals surface area (Å²) in [7, 11) is -3.59. The van der Waals surface area contributed by atoms with E-state index in [1.165, 1.54) is 24.3 Å². The van der Waals surface area contributed by atoms with Crippen LogP contribution in [0.4, 0.5) is 0 Å². The van der Waals surface area contributed by atoms with Crippen LogP contribution >= 0.6 is 0 Å². The minimum absolute atomic E-state index is 0.0774. The lowest BCUT2D eigenvalue weighted by molar-refractivity contribution is -0.138. The Labute approximate surface area is 122 Å². The molecular weight excluding hydrogens is 292 g/mol. The number of amides is 2. The molecule has 21 heavy (non-hydrogen) atoms. The molecule has 6 nitrogen and oxygen atoms in total. The summed E-state index contributed by atoms with van der Waals surface area (Å²) in [6.07, 6.45) is 0.135. The monoisotopic (exact) mass is 306 g/mol. The van der Waals surface area contributed by atoms with Gasteiger partial charge in [0.15, 0.2) is 9.84 Å². The Morgan fingerprint density at radius 2 is 1.90 bits per heavy atom. The molecule has 1 aliphatic rings. The van der Waals surface area contributed by atoms with Crippen LogP contribution in [-0.2, 0) is 19.4 Å². The first-order chi connectivity index (χ1) is 9.85. The molecule has 7 heteroatoms. The van der Waals surface area contributed by atoms with Crippen molar-refractivity contribution < 1.29 is 18.0 Å². The summed E-state index contributed by atoms with van der Waals surface area (Å²) in [4.78, 5) is 24.4. The molecule has 1 aromatic rings. The Balaban J connectivity index is 2.09. The summed E-state index contributed by atoms with van der Waals surface area (Å²) in [5.41, 5.74) is 0.368. The van der Waals surface area contributed by atoms with Crippen LogP contribution in [0.2, 0.25) is 0 Å². The molecule has 1 aromatic carbocycles. The fourth-order valence-corrected chi connectivity index (χ4v) is 3.36. The van der Waals surface area contributed by atoms with E-state index >= 15 is 0 Å². The number of likely N-dealkylation sites (tertiary alicyclic amines) is 1. The number of hydrogen-bond donors (Lipinski definition) is 0. The summed E-state index contributed by atoms with van der Waals surface area (Å²) in [6.45, 7) is 1.51. The SMILES string of the molecule is CC1CC(=O)N(CCS(=O)(=O)c2ccc(C#N)cc2)C1=O. The molecule has 0 bridgehead atoms. The second-order valence-electron chi connectivity index (χ2n) is 4.94. The second-order valence-corrected chi connectivity index (χ2v) is 7.05. The van der Waals surface area contributed by atoms with Crippen LogP contribution in [0.3, 0.4) is 0 Å². The van der Waals surface area contributed by atoms with Gasteiger partial charge in [-0.3, -0.25) is 14.5 Å². The molecule has 1 heterocycles. The maximum absolute atomic E-state index is 12.2. The number of carbonyl (C=O) groups is 2. The van der Waals surface area contributed by atoms with E-state index in [9.17, 15) is 18.0 Å². The van der Waals surface area contributed by atoms with Gasteiger partial charge in [-0.2, -0.15) is 5.26 Å². The number of nitrogens with zero attached hydrogens (tertiary/aromatic N) is 2. The van der Waals surface area contributed by atoms with Crippen molar-refractivity contribution in [3.05, 3.63) is 29.8 Å². The summed E-state index contributed by atoms with van der Waals surface area (Å²) >= 11 is 0. The summed E-state index contributed by atoms with van der Waals surface area (Å²) in [5, 5.41) is 8.68. The van der Waals surface area contributed by atoms with Crippen molar-refractivity contribution in [2.24, 2.45) is 5.92 Å². The number of rotatable bonds is 4. The average molecular weight is 306 g/mol. The predicted octanol–water partition coefficient (Wildman–Crippen LogP) is 0.727. The first-order valence-electron chi connectivity index (χ1n) is 6.42. The molecule has 110 valence electrons. The quantitative estimate of drug-likeness (QED) is 0.764.